The van der Waals surface area contributed by atoms with E-state index >= 15 is 0 Å². The van der Waals surface area contributed by atoms with E-state index in [-0.39, 0.29) is 16.4 Å². The van der Waals surface area contributed by atoms with E-state index in [0.717, 1.165) is 24.2 Å². The number of hydrogen-bond acceptors (Lipinski definition) is 4. The molecule has 0 atom stereocenters. The first-order valence-electron chi connectivity index (χ1n) is 4.17. The summed E-state index contributed by atoms with van der Waals surface area (Å²) in [5.74, 6) is 0. The fourth-order valence-electron chi connectivity index (χ4n) is 1.22. The maximum atomic E-state index is 12.1. The van der Waals surface area contributed by atoms with Gasteiger partial charge in [-0.2, -0.15) is 0 Å². The van der Waals surface area contributed by atoms with Gasteiger partial charge in [0, 0.05) is 11.4 Å². The number of nitrogens with one attached hydrogen (secondary N) is 1. The van der Waals surface area contributed by atoms with Crippen molar-refractivity contribution in [3.8, 4) is 0 Å². The normalized spacial score (nSPS) is 26.3. The van der Waals surface area contributed by atoms with Crippen molar-refractivity contribution in [2.24, 2.45) is 0 Å². The van der Waals surface area contributed by atoms with E-state index < -0.39 is 6.43 Å². The lowest BCUT2D eigenvalue weighted by Crippen LogP contribution is -2.35. The number of halogens is 3. The van der Waals surface area contributed by atoms with Gasteiger partial charge in [0.05, 0.1) is 0 Å². The Bertz CT molecular complexity index is 314. The molecule has 2 rings (SSSR count). The third kappa shape index (κ3) is 2.12. The third-order valence-corrected chi connectivity index (χ3v) is 3.25. The van der Waals surface area contributed by atoms with E-state index in [1.165, 1.54) is 0 Å². The summed E-state index contributed by atoms with van der Waals surface area (Å²) < 4.78 is 24.3. The minimum atomic E-state index is -2.54. The van der Waals surface area contributed by atoms with Gasteiger partial charge in [0.15, 0.2) is 5.01 Å². The molecule has 0 unspecified atom stereocenters. The SMILES string of the molecule is FC(F)c1nnc(NC2CC(Cl)C2)s1. The van der Waals surface area contributed by atoms with Gasteiger partial charge in [-0.25, -0.2) is 8.78 Å². The lowest BCUT2D eigenvalue weighted by molar-refractivity contribution is 0.150. The summed E-state index contributed by atoms with van der Waals surface area (Å²) in [6, 6.07) is 0.260. The van der Waals surface area contributed by atoms with E-state index in [4.69, 9.17) is 11.6 Å². The molecule has 0 radical (unpaired) electrons. The second kappa shape index (κ2) is 3.94. The predicted molar refractivity (Wildman–Crippen MR) is 51.2 cm³/mol. The highest BCUT2D eigenvalue weighted by molar-refractivity contribution is 7.15. The molecule has 0 bridgehead atoms. The van der Waals surface area contributed by atoms with Crippen molar-refractivity contribution in [2.75, 3.05) is 5.32 Å². The third-order valence-electron chi connectivity index (χ3n) is 2.04. The summed E-state index contributed by atoms with van der Waals surface area (Å²) in [5.41, 5.74) is 0. The van der Waals surface area contributed by atoms with E-state index in [1.807, 2.05) is 0 Å². The maximum Gasteiger partial charge on any atom is 0.291 e. The molecule has 1 heterocycles. The topological polar surface area (TPSA) is 37.8 Å². The van der Waals surface area contributed by atoms with Crippen LogP contribution in [-0.4, -0.2) is 21.6 Å². The van der Waals surface area contributed by atoms with Crippen molar-refractivity contribution in [3.05, 3.63) is 5.01 Å². The molecule has 0 aliphatic heterocycles. The number of aromatic nitrogens is 2. The summed E-state index contributed by atoms with van der Waals surface area (Å²) in [7, 11) is 0. The highest BCUT2D eigenvalue weighted by atomic mass is 35.5. The number of rotatable bonds is 3. The fraction of sp³-hybridized carbons (Fsp3) is 0.714. The molecule has 1 N–H and O–H groups in total. The second-order valence-electron chi connectivity index (χ2n) is 3.16. The van der Waals surface area contributed by atoms with Crippen molar-refractivity contribution >= 4 is 28.1 Å². The smallest absolute Gasteiger partial charge is 0.291 e. The van der Waals surface area contributed by atoms with Crippen LogP contribution in [0.4, 0.5) is 13.9 Å². The van der Waals surface area contributed by atoms with Crippen molar-refractivity contribution in [1.29, 1.82) is 0 Å². The Balaban J connectivity index is 1.90. The van der Waals surface area contributed by atoms with E-state index in [1.54, 1.807) is 0 Å². The van der Waals surface area contributed by atoms with Crippen LogP contribution in [0.2, 0.25) is 0 Å². The largest absolute Gasteiger partial charge is 0.357 e. The van der Waals surface area contributed by atoms with Crippen molar-refractivity contribution in [1.82, 2.24) is 10.2 Å². The standard InChI is InChI=1S/C7H8ClF2N3S/c8-3-1-4(2-3)11-7-13-12-6(14-7)5(9)10/h3-5H,1-2H2,(H,11,13). The number of alkyl halides is 3. The first-order valence-corrected chi connectivity index (χ1v) is 5.42. The average molecular weight is 240 g/mol. The van der Waals surface area contributed by atoms with Gasteiger partial charge in [-0.05, 0) is 12.8 Å². The summed E-state index contributed by atoms with van der Waals surface area (Å²) in [4.78, 5) is 0. The molecular formula is C7H8ClF2N3S. The molecule has 1 aromatic heterocycles. The fourth-order valence-corrected chi connectivity index (χ4v) is 2.33. The number of hydrogen-bond donors (Lipinski definition) is 1. The van der Waals surface area contributed by atoms with Gasteiger partial charge in [0.2, 0.25) is 5.13 Å². The van der Waals surface area contributed by atoms with Crippen molar-refractivity contribution in [3.63, 3.8) is 0 Å². The molecule has 1 fully saturated rings. The lowest BCUT2D eigenvalue weighted by Gasteiger charge is -2.31. The van der Waals surface area contributed by atoms with Gasteiger partial charge >= 0.3 is 0 Å². The molecule has 0 spiro atoms. The van der Waals surface area contributed by atoms with Gasteiger partial charge < -0.3 is 5.32 Å². The summed E-state index contributed by atoms with van der Waals surface area (Å²) in [6.45, 7) is 0. The zero-order chi connectivity index (χ0) is 10.1. The summed E-state index contributed by atoms with van der Waals surface area (Å²) in [5, 5.41) is 10.4. The van der Waals surface area contributed by atoms with Crippen LogP contribution in [0.5, 0.6) is 0 Å². The van der Waals surface area contributed by atoms with E-state index in [2.05, 4.69) is 15.5 Å². The monoisotopic (exact) mass is 239 g/mol. The molecule has 1 saturated carbocycles. The molecule has 1 aliphatic carbocycles. The Labute approximate surface area is 88.5 Å². The van der Waals surface area contributed by atoms with Crippen LogP contribution in [0, 0.1) is 0 Å². The molecule has 78 valence electrons. The summed E-state index contributed by atoms with van der Waals surface area (Å²) >= 11 is 6.67. The highest BCUT2D eigenvalue weighted by Crippen LogP contribution is 2.31. The van der Waals surface area contributed by atoms with Gasteiger partial charge in [-0.1, -0.05) is 11.3 Å². The number of anilines is 1. The molecule has 1 aliphatic rings. The molecule has 1 aromatic rings. The Morgan fingerprint density at radius 2 is 2.14 bits per heavy atom. The molecule has 7 heteroatoms. The van der Waals surface area contributed by atoms with Crippen LogP contribution in [0.15, 0.2) is 0 Å². The molecule has 3 nitrogen and oxygen atoms in total. The molecule has 0 aromatic carbocycles. The van der Waals surface area contributed by atoms with Gasteiger partial charge in [-0.15, -0.1) is 21.8 Å². The molecule has 0 amide bonds. The number of nitrogens with zero attached hydrogens (tertiary/aromatic N) is 2. The van der Waals surface area contributed by atoms with Gasteiger partial charge in [-0.3, -0.25) is 0 Å². The minimum absolute atomic E-state index is 0.204. The first kappa shape index (κ1) is 10.0. The highest BCUT2D eigenvalue weighted by Gasteiger charge is 2.28. The predicted octanol–water partition coefficient (Wildman–Crippen LogP) is 2.66. The average Bonchev–Trinajstić information content (AvgIpc) is 2.50. The first-order chi connectivity index (χ1) is 6.65. The van der Waals surface area contributed by atoms with Crippen molar-refractivity contribution < 1.29 is 8.78 Å². The van der Waals surface area contributed by atoms with E-state index in [9.17, 15) is 8.78 Å². The van der Waals surface area contributed by atoms with Crippen LogP contribution >= 0.6 is 22.9 Å². The Kier molecular flexibility index (Phi) is 2.83. The van der Waals surface area contributed by atoms with Crippen LogP contribution in [0.3, 0.4) is 0 Å². The minimum Gasteiger partial charge on any atom is -0.357 e. The van der Waals surface area contributed by atoms with Crippen LogP contribution in [0.25, 0.3) is 0 Å². The maximum absolute atomic E-state index is 12.1. The molecule has 14 heavy (non-hydrogen) atoms. The zero-order valence-corrected chi connectivity index (χ0v) is 8.66. The van der Waals surface area contributed by atoms with Crippen LogP contribution in [0.1, 0.15) is 24.3 Å². The van der Waals surface area contributed by atoms with Crippen LogP contribution in [-0.2, 0) is 0 Å². The zero-order valence-electron chi connectivity index (χ0n) is 7.08. The lowest BCUT2D eigenvalue weighted by atomic mass is 9.93. The summed E-state index contributed by atoms with van der Waals surface area (Å²) in [6.07, 6.45) is -0.832. The Morgan fingerprint density at radius 3 is 2.64 bits per heavy atom. The van der Waals surface area contributed by atoms with Gasteiger partial charge in [0.25, 0.3) is 6.43 Å². The molecule has 0 saturated heterocycles. The molecular weight excluding hydrogens is 232 g/mol. The van der Waals surface area contributed by atoms with Crippen LogP contribution < -0.4 is 5.32 Å². The van der Waals surface area contributed by atoms with E-state index in [0.29, 0.717) is 5.13 Å². The Hall–Kier alpha value is -0.490. The van der Waals surface area contributed by atoms with Gasteiger partial charge in [0.1, 0.15) is 0 Å². The quantitative estimate of drug-likeness (QED) is 0.824. The van der Waals surface area contributed by atoms with Crippen molar-refractivity contribution in [2.45, 2.75) is 30.7 Å². The second-order valence-corrected chi connectivity index (χ2v) is 4.78. The Morgan fingerprint density at radius 1 is 1.43 bits per heavy atom.